The lowest BCUT2D eigenvalue weighted by atomic mass is 9.97. The number of likely N-dealkylation sites (tertiary alicyclic amines) is 1. The minimum atomic E-state index is 0.139. The van der Waals surface area contributed by atoms with Gasteiger partial charge in [0.15, 0.2) is 0 Å². The minimum absolute atomic E-state index is 0.139. The highest BCUT2D eigenvalue weighted by molar-refractivity contribution is 5.78. The highest BCUT2D eigenvalue weighted by Crippen LogP contribution is 2.18. The summed E-state index contributed by atoms with van der Waals surface area (Å²) in [6.45, 7) is 10.5. The van der Waals surface area contributed by atoms with Gasteiger partial charge in [-0.05, 0) is 38.8 Å². The van der Waals surface area contributed by atoms with Crippen LogP contribution in [-0.2, 0) is 22.6 Å². The zero-order valence-electron chi connectivity index (χ0n) is 15.2. The van der Waals surface area contributed by atoms with Crippen LogP contribution >= 0.6 is 0 Å². The van der Waals surface area contributed by atoms with Crippen molar-refractivity contribution in [3.05, 3.63) is 12.2 Å². The number of morpholine rings is 1. The number of amides is 1. The number of ether oxygens (including phenoxy) is 1. The number of nitrogens with one attached hydrogen (secondary N) is 1. The number of nitrogens with zero attached hydrogens (tertiary/aromatic N) is 5. The number of carbonyl (C=O) groups excluding carboxylic acids is 1. The van der Waals surface area contributed by atoms with E-state index in [1.165, 1.54) is 0 Å². The van der Waals surface area contributed by atoms with Crippen molar-refractivity contribution in [2.75, 3.05) is 52.5 Å². The lowest BCUT2D eigenvalue weighted by molar-refractivity contribution is -0.123. The molecule has 1 N–H and O–H groups in total. The first kappa shape index (κ1) is 18.3. The molecule has 140 valence electrons. The van der Waals surface area contributed by atoms with Crippen LogP contribution in [0, 0.1) is 5.92 Å². The smallest absolute Gasteiger partial charge is 0.234 e. The van der Waals surface area contributed by atoms with E-state index in [4.69, 9.17) is 4.74 Å². The van der Waals surface area contributed by atoms with Crippen molar-refractivity contribution in [2.45, 2.75) is 32.9 Å². The van der Waals surface area contributed by atoms with Crippen molar-refractivity contribution in [3.8, 4) is 0 Å². The Balaban J connectivity index is 1.33. The van der Waals surface area contributed by atoms with Crippen LogP contribution in [0.15, 0.2) is 6.33 Å². The molecule has 0 spiro atoms. The largest absolute Gasteiger partial charge is 0.379 e. The second-order valence-electron chi connectivity index (χ2n) is 6.95. The van der Waals surface area contributed by atoms with Crippen LogP contribution in [-0.4, -0.2) is 83.0 Å². The Labute approximate surface area is 149 Å². The lowest BCUT2D eigenvalue weighted by Crippen LogP contribution is -2.45. The van der Waals surface area contributed by atoms with E-state index in [1.54, 1.807) is 6.33 Å². The van der Waals surface area contributed by atoms with Gasteiger partial charge in [0.2, 0.25) is 5.91 Å². The SMILES string of the molecule is CCn1cnnc1CN1CCC(CNC(=O)CN2CCOCC2)CC1. The van der Waals surface area contributed by atoms with Gasteiger partial charge in [-0.2, -0.15) is 0 Å². The predicted octanol–water partition coefficient (Wildman–Crippen LogP) is -0.0416. The summed E-state index contributed by atoms with van der Waals surface area (Å²) in [5, 5.41) is 11.3. The number of aryl methyl sites for hydroxylation is 1. The Morgan fingerprint density at radius 3 is 2.72 bits per heavy atom. The van der Waals surface area contributed by atoms with E-state index < -0.39 is 0 Å². The van der Waals surface area contributed by atoms with Gasteiger partial charge >= 0.3 is 0 Å². The molecule has 0 saturated carbocycles. The third-order valence-electron chi connectivity index (χ3n) is 5.17. The van der Waals surface area contributed by atoms with Crippen molar-refractivity contribution in [1.29, 1.82) is 0 Å². The molecule has 8 heteroatoms. The van der Waals surface area contributed by atoms with Crippen LogP contribution in [0.4, 0.5) is 0 Å². The van der Waals surface area contributed by atoms with Crippen molar-refractivity contribution in [3.63, 3.8) is 0 Å². The van der Waals surface area contributed by atoms with Gasteiger partial charge in [-0.1, -0.05) is 0 Å². The Bertz CT molecular complexity index is 535. The maximum Gasteiger partial charge on any atom is 0.234 e. The Morgan fingerprint density at radius 1 is 1.24 bits per heavy atom. The molecular formula is C17H30N6O2. The lowest BCUT2D eigenvalue weighted by Gasteiger charge is -2.32. The van der Waals surface area contributed by atoms with Crippen molar-refractivity contribution >= 4 is 5.91 Å². The van der Waals surface area contributed by atoms with Crippen LogP contribution in [0.25, 0.3) is 0 Å². The van der Waals surface area contributed by atoms with E-state index in [0.29, 0.717) is 12.5 Å². The summed E-state index contributed by atoms with van der Waals surface area (Å²) >= 11 is 0. The summed E-state index contributed by atoms with van der Waals surface area (Å²) in [7, 11) is 0. The summed E-state index contributed by atoms with van der Waals surface area (Å²) in [4.78, 5) is 16.7. The molecule has 0 atom stereocenters. The first-order valence-electron chi connectivity index (χ1n) is 9.40. The topological polar surface area (TPSA) is 75.5 Å². The quantitative estimate of drug-likeness (QED) is 0.744. The molecule has 25 heavy (non-hydrogen) atoms. The third kappa shape index (κ3) is 5.49. The fourth-order valence-corrected chi connectivity index (χ4v) is 3.49. The van der Waals surface area contributed by atoms with E-state index >= 15 is 0 Å². The van der Waals surface area contributed by atoms with E-state index in [2.05, 4.69) is 36.8 Å². The molecule has 0 radical (unpaired) electrons. The first-order valence-corrected chi connectivity index (χ1v) is 9.40. The molecule has 0 bridgehead atoms. The predicted molar refractivity (Wildman–Crippen MR) is 94.0 cm³/mol. The molecule has 0 unspecified atom stereocenters. The van der Waals surface area contributed by atoms with Crippen LogP contribution in [0.2, 0.25) is 0 Å². The van der Waals surface area contributed by atoms with E-state index in [-0.39, 0.29) is 5.91 Å². The van der Waals surface area contributed by atoms with Gasteiger partial charge in [0, 0.05) is 26.2 Å². The molecule has 1 aromatic heterocycles. The van der Waals surface area contributed by atoms with Gasteiger partial charge in [-0.15, -0.1) is 10.2 Å². The number of aromatic nitrogens is 3. The summed E-state index contributed by atoms with van der Waals surface area (Å²) in [6.07, 6.45) is 4.04. The van der Waals surface area contributed by atoms with Crippen molar-refractivity contribution in [1.82, 2.24) is 29.9 Å². The average Bonchev–Trinajstić information content (AvgIpc) is 3.09. The standard InChI is InChI=1S/C17H30N6O2/c1-2-23-14-19-20-16(23)12-21-5-3-15(4-6-21)11-18-17(24)13-22-7-9-25-10-8-22/h14-15H,2-13H2,1H3,(H,18,24). The fraction of sp³-hybridized carbons (Fsp3) is 0.824. The Hall–Kier alpha value is -1.51. The van der Waals surface area contributed by atoms with E-state index in [9.17, 15) is 4.79 Å². The normalized spacial score (nSPS) is 20.7. The van der Waals surface area contributed by atoms with Crippen LogP contribution in [0.5, 0.6) is 0 Å². The maximum absolute atomic E-state index is 12.1. The number of carbonyl (C=O) groups is 1. The molecule has 2 fully saturated rings. The molecule has 0 aliphatic carbocycles. The van der Waals surface area contributed by atoms with Crippen molar-refractivity contribution in [2.24, 2.45) is 5.92 Å². The summed E-state index contributed by atoms with van der Waals surface area (Å²) < 4.78 is 7.41. The number of rotatable bonds is 7. The molecule has 1 amide bonds. The van der Waals surface area contributed by atoms with E-state index in [1.807, 2.05) is 0 Å². The van der Waals surface area contributed by atoms with Gasteiger partial charge in [0.25, 0.3) is 0 Å². The summed E-state index contributed by atoms with van der Waals surface area (Å²) in [5.41, 5.74) is 0. The van der Waals surface area contributed by atoms with Gasteiger partial charge in [-0.3, -0.25) is 14.6 Å². The molecular weight excluding hydrogens is 320 g/mol. The maximum atomic E-state index is 12.1. The Kier molecular flexibility index (Phi) is 6.77. The third-order valence-corrected chi connectivity index (χ3v) is 5.17. The highest BCUT2D eigenvalue weighted by Gasteiger charge is 2.21. The van der Waals surface area contributed by atoms with Gasteiger partial charge < -0.3 is 14.6 Å². The second-order valence-corrected chi connectivity index (χ2v) is 6.95. The van der Waals surface area contributed by atoms with Crippen LogP contribution < -0.4 is 5.32 Å². The molecule has 3 heterocycles. The highest BCUT2D eigenvalue weighted by atomic mass is 16.5. The molecule has 2 aliphatic rings. The zero-order chi connectivity index (χ0) is 17.5. The van der Waals surface area contributed by atoms with Gasteiger partial charge in [0.1, 0.15) is 12.2 Å². The average molecular weight is 350 g/mol. The molecule has 2 aliphatic heterocycles. The minimum Gasteiger partial charge on any atom is -0.379 e. The van der Waals surface area contributed by atoms with Crippen molar-refractivity contribution < 1.29 is 9.53 Å². The molecule has 0 aromatic carbocycles. The first-order chi connectivity index (χ1) is 12.2. The van der Waals surface area contributed by atoms with Crippen LogP contribution in [0.3, 0.4) is 0 Å². The van der Waals surface area contributed by atoms with Crippen LogP contribution in [0.1, 0.15) is 25.6 Å². The Morgan fingerprint density at radius 2 is 2.00 bits per heavy atom. The second kappa shape index (κ2) is 9.26. The van der Waals surface area contributed by atoms with Gasteiger partial charge in [0.05, 0.1) is 26.3 Å². The summed E-state index contributed by atoms with van der Waals surface area (Å²) in [6, 6.07) is 0. The summed E-state index contributed by atoms with van der Waals surface area (Å²) in [5.74, 6) is 1.76. The zero-order valence-corrected chi connectivity index (χ0v) is 15.2. The monoisotopic (exact) mass is 350 g/mol. The molecule has 1 aromatic rings. The molecule has 8 nitrogen and oxygen atoms in total. The molecule has 2 saturated heterocycles. The van der Waals surface area contributed by atoms with E-state index in [0.717, 1.165) is 77.7 Å². The van der Waals surface area contributed by atoms with Gasteiger partial charge in [-0.25, -0.2) is 0 Å². The fourth-order valence-electron chi connectivity index (χ4n) is 3.49. The number of piperidine rings is 1. The number of hydrogen-bond acceptors (Lipinski definition) is 6. The molecule has 3 rings (SSSR count). The number of hydrogen-bond donors (Lipinski definition) is 1.